The van der Waals surface area contributed by atoms with Crippen LogP contribution in [0.15, 0.2) is 82.2 Å². The lowest BCUT2D eigenvalue weighted by molar-refractivity contribution is -0.118. The average molecular weight is 923 g/mol. The van der Waals surface area contributed by atoms with Crippen LogP contribution in [-0.2, 0) is 15.3 Å². The maximum Gasteiger partial charge on any atom is 0.260 e. The van der Waals surface area contributed by atoms with Gasteiger partial charge in [-0.05, 0) is 86.7 Å². The third-order valence-electron chi connectivity index (χ3n) is 12.0. The summed E-state index contributed by atoms with van der Waals surface area (Å²) in [5.74, 6) is 2.00. The van der Waals surface area contributed by atoms with Gasteiger partial charge in [0.1, 0.15) is 5.78 Å². The number of nitrogens with one attached hydrogen (secondary N) is 1. The normalized spacial score (nSPS) is 18.5. The number of aliphatic hydroxyl groups excluding tert-OH is 1. The predicted molar refractivity (Wildman–Crippen MR) is 262 cm³/mol. The van der Waals surface area contributed by atoms with Gasteiger partial charge in [-0.3, -0.25) is 14.8 Å². The number of hydrogen-bond acceptors (Lipinski definition) is 13. The summed E-state index contributed by atoms with van der Waals surface area (Å²) >= 11 is 3.55. The van der Waals surface area contributed by atoms with Gasteiger partial charge in [0.15, 0.2) is 29.2 Å². The number of ether oxygens (including phenoxy) is 4. The Labute approximate surface area is 391 Å². The first-order valence-electron chi connectivity index (χ1n) is 22.5. The molecule has 4 aromatic rings. The number of rotatable bonds is 19. The fourth-order valence-electron chi connectivity index (χ4n) is 7.97. The number of fused-ring (bicyclic) bond motifs is 3. The van der Waals surface area contributed by atoms with E-state index in [0.717, 1.165) is 53.1 Å². The van der Waals surface area contributed by atoms with Crippen molar-refractivity contribution in [2.24, 2.45) is 9.98 Å². The summed E-state index contributed by atoms with van der Waals surface area (Å²) in [6.45, 7) is 12.1. The van der Waals surface area contributed by atoms with Crippen LogP contribution in [0.4, 0.5) is 11.4 Å². The summed E-state index contributed by atoms with van der Waals surface area (Å²) < 4.78 is 24.0. The highest BCUT2D eigenvalue weighted by Crippen LogP contribution is 2.41. The van der Waals surface area contributed by atoms with Crippen molar-refractivity contribution in [2.75, 3.05) is 38.8 Å². The minimum atomic E-state index is -1.11. The number of nitrogens with zero attached hydrogens (tertiary/aromatic N) is 3. The zero-order chi connectivity index (χ0) is 46.1. The minimum absolute atomic E-state index is 0.0331. The number of aliphatic hydroxyl groups is 1. The number of anilines is 1. The van der Waals surface area contributed by atoms with E-state index in [0.29, 0.717) is 67.3 Å². The van der Waals surface area contributed by atoms with Gasteiger partial charge in [0.05, 0.1) is 43.2 Å². The van der Waals surface area contributed by atoms with Crippen LogP contribution in [-0.4, -0.2) is 89.1 Å². The molecule has 3 unspecified atom stereocenters. The number of carbonyl (C=O) groups excluding carboxylic acids is 2. The molecule has 0 fully saturated rings. The Kier molecular flexibility index (Phi) is 15.8. The van der Waals surface area contributed by atoms with Crippen LogP contribution in [0.2, 0.25) is 0 Å². The van der Waals surface area contributed by atoms with Crippen molar-refractivity contribution < 1.29 is 38.7 Å². The molecule has 0 aliphatic carbocycles. The molecule has 3 atom stereocenters. The van der Waals surface area contributed by atoms with Gasteiger partial charge in [-0.2, -0.15) is 11.8 Å². The maximum atomic E-state index is 13.5. The molecular weight excluding hydrogens is 861 g/mol. The number of hydrogen-bond donors (Lipinski definition) is 3. The van der Waals surface area contributed by atoms with Crippen molar-refractivity contribution in [2.45, 2.75) is 114 Å². The quantitative estimate of drug-likeness (QED) is 0.0775. The molecule has 1 aromatic heterocycles. The van der Waals surface area contributed by atoms with Crippen LogP contribution in [0, 0.1) is 0 Å². The number of amides is 1. The standard InChI is InChI=1S/C51H62N4O8S2/c1-33(56)16-17-50(2,3)63-22-18-51(4,5)65-32-34-12-14-35(15-13-34)36-10-7-19-52-41-28-46(45(60-6)26-39(41)48(58)54-29-36)62-21-9-20-61-44-27-42-40(25-43(44)57)49(59)55-31-37(24-38(55)30-53-42)47-11-8-23-64-47/h8,11-15,23,25-31,36,38,48,52,57-58H,7,9-10,16-22,24,32H2,1-6H3. The van der Waals surface area contributed by atoms with Crippen molar-refractivity contribution in [3.05, 3.63) is 99.4 Å². The number of aromatic hydroxyl groups is 1. The van der Waals surface area contributed by atoms with Crippen LogP contribution in [0.3, 0.4) is 0 Å². The van der Waals surface area contributed by atoms with E-state index < -0.39 is 6.23 Å². The largest absolute Gasteiger partial charge is 0.504 e. The third-order valence-corrected chi connectivity index (χ3v) is 14.4. The number of aliphatic imine (C=N–C) groups is 2. The van der Waals surface area contributed by atoms with Gasteiger partial charge >= 0.3 is 0 Å². The lowest BCUT2D eigenvalue weighted by Crippen LogP contribution is -2.32. The molecule has 12 nitrogen and oxygen atoms in total. The first-order chi connectivity index (χ1) is 31.2. The number of Topliss-reactive ketones (excluding diaryl/α,β-unsaturated/α-hetero) is 1. The molecule has 65 heavy (non-hydrogen) atoms. The Bertz CT molecular complexity index is 2380. The topological polar surface area (TPSA) is 152 Å². The van der Waals surface area contributed by atoms with E-state index in [4.69, 9.17) is 18.9 Å². The van der Waals surface area contributed by atoms with Crippen molar-refractivity contribution in [3.8, 4) is 23.0 Å². The van der Waals surface area contributed by atoms with E-state index in [9.17, 15) is 19.8 Å². The van der Waals surface area contributed by atoms with Crippen LogP contribution in [0.1, 0.15) is 124 Å². The molecule has 3 aromatic carbocycles. The van der Waals surface area contributed by atoms with E-state index in [-0.39, 0.29) is 52.1 Å². The molecule has 0 spiro atoms. The van der Waals surface area contributed by atoms with E-state index in [1.807, 2.05) is 47.8 Å². The molecule has 346 valence electrons. The highest BCUT2D eigenvalue weighted by atomic mass is 32.2. The number of methoxy groups -OCH3 is 1. The lowest BCUT2D eigenvalue weighted by Gasteiger charge is -2.29. The smallest absolute Gasteiger partial charge is 0.260 e. The number of phenols is 1. The second-order valence-electron chi connectivity index (χ2n) is 18.1. The summed E-state index contributed by atoms with van der Waals surface area (Å²) in [6.07, 6.45) is 9.53. The van der Waals surface area contributed by atoms with Crippen LogP contribution >= 0.6 is 23.1 Å². The van der Waals surface area contributed by atoms with Crippen molar-refractivity contribution in [1.29, 1.82) is 0 Å². The molecule has 0 saturated heterocycles. The molecule has 3 N–H and O–H groups in total. The number of thioether (sulfide) groups is 1. The molecule has 14 heteroatoms. The average Bonchev–Trinajstić information content (AvgIpc) is 3.96. The fraction of sp³-hybridized carbons (Fsp3) is 0.451. The second-order valence-corrected chi connectivity index (χ2v) is 20.7. The molecule has 1 amide bonds. The Balaban J connectivity index is 0.900. The number of carbonyl (C=O) groups is 2. The monoisotopic (exact) mass is 922 g/mol. The highest BCUT2D eigenvalue weighted by molar-refractivity contribution is 7.99. The Hall–Kier alpha value is -5.15. The summed E-state index contributed by atoms with van der Waals surface area (Å²) in [6, 6.07) is 19.2. The first kappa shape index (κ1) is 47.8. The molecule has 0 saturated carbocycles. The first-order valence-corrected chi connectivity index (χ1v) is 24.3. The molecule has 7 rings (SSSR count). The van der Waals surface area contributed by atoms with Crippen LogP contribution in [0.25, 0.3) is 5.57 Å². The third kappa shape index (κ3) is 12.6. The van der Waals surface area contributed by atoms with Gasteiger partial charge in [0.25, 0.3) is 5.91 Å². The minimum Gasteiger partial charge on any atom is -0.504 e. The number of thiophene rings is 1. The summed E-state index contributed by atoms with van der Waals surface area (Å²) in [5.41, 5.74) is 5.27. The predicted octanol–water partition coefficient (Wildman–Crippen LogP) is 10.9. The zero-order valence-corrected chi connectivity index (χ0v) is 39.9. The number of benzene rings is 3. The number of ketones is 1. The highest BCUT2D eigenvalue weighted by Gasteiger charge is 2.34. The van der Waals surface area contributed by atoms with E-state index >= 15 is 0 Å². The van der Waals surface area contributed by atoms with E-state index in [1.165, 1.54) is 11.6 Å². The van der Waals surface area contributed by atoms with E-state index in [1.54, 1.807) is 48.6 Å². The van der Waals surface area contributed by atoms with Crippen LogP contribution < -0.4 is 19.5 Å². The van der Waals surface area contributed by atoms with Gasteiger partial charge in [-0.1, -0.05) is 44.2 Å². The van der Waals surface area contributed by atoms with Crippen molar-refractivity contribution in [1.82, 2.24) is 4.90 Å². The van der Waals surface area contributed by atoms with Gasteiger partial charge in [0, 0.05) is 95.7 Å². The molecule has 4 heterocycles. The Morgan fingerprint density at radius 1 is 0.985 bits per heavy atom. The second kappa shape index (κ2) is 21.4. The molecule has 3 aliphatic heterocycles. The molecule has 0 bridgehead atoms. The summed E-state index contributed by atoms with van der Waals surface area (Å²) in [4.78, 5) is 37.0. The SMILES string of the molecule is COc1cc2c(cc1OCCCOc1cc3c(cc1O)C(=O)N1C=C(c4cccs4)CC1C=N3)NCCCC(c1ccc(CSC(C)(C)CCOC(C)(C)CCC(C)=O)cc1)C=NC2O. The van der Waals surface area contributed by atoms with Gasteiger partial charge < -0.3 is 44.2 Å². The zero-order valence-electron chi connectivity index (χ0n) is 38.3. The summed E-state index contributed by atoms with van der Waals surface area (Å²) in [7, 11) is 1.56. The van der Waals surface area contributed by atoms with Crippen molar-refractivity contribution >= 4 is 64.2 Å². The Morgan fingerprint density at radius 3 is 2.51 bits per heavy atom. The maximum absolute atomic E-state index is 13.5. The van der Waals surface area contributed by atoms with Gasteiger partial charge in [-0.15, -0.1) is 11.3 Å². The fourth-order valence-corrected chi connectivity index (χ4v) is 9.69. The van der Waals surface area contributed by atoms with Gasteiger partial charge in [-0.25, -0.2) is 0 Å². The van der Waals surface area contributed by atoms with Crippen molar-refractivity contribution in [3.63, 3.8) is 0 Å². The lowest BCUT2D eigenvalue weighted by atomic mass is 9.94. The number of phenolic OH excluding ortho intramolecular Hbond substituents is 1. The summed E-state index contributed by atoms with van der Waals surface area (Å²) in [5, 5.41) is 27.7. The Morgan fingerprint density at radius 2 is 1.77 bits per heavy atom. The molecule has 3 aliphatic rings. The molecule has 0 radical (unpaired) electrons. The van der Waals surface area contributed by atoms with Crippen LogP contribution in [0.5, 0.6) is 23.0 Å². The van der Waals surface area contributed by atoms with Gasteiger partial charge in [0.2, 0.25) is 0 Å². The molecular formula is C51H62N4O8S2. The van der Waals surface area contributed by atoms with E-state index in [2.05, 4.69) is 67.3 Å².